The molecule has 2 aromatic carbocycles. The van der Waals surface area contributed by atoms with E-state index in [9.17, 15) is 18.1 Å². The molecule has 17 heavy (non-hydrogen) atoms. The molecule has 0 saturated heterocycles. The van der Waals surface area contributed by atoms with Gasteiger partial charge in [-0.2, -0.15) is 0 Å². The Hall–Kier alpha value is -2.17. The second-order valence-corrected chi connectivity index (χ2v) is 4.73. The number of diazo groups is 1. The first-order chi connectivity index (χ1) is 7.93. The lowest BCUT2D eigenvalue weighted by atomic mass is 10.1. The van der Waals surface area contributed by atoms with Crippen molar-refractivity contribution >= 4 is 26.6 Å². The maximum atomic E-state index is 11.7. The molecule has 2 aromatic rings. The smallest absolute Gasteiger partial charge is 0.378 e. The molecular weight excluding hydrogens is 244 g/mol. The number of benzene rings is 2. The highest BCUT2D eigenvalue weighted by atomic mass is 32.2. The highest BCUT2D eigenvalue weighted by molar-refractivity contribution is 7.85. The Bertz CT molecular complexity index is 747. The van der Waals surface area contributed by atoms with Crippen molar-refractivity contribution in [2.24, 2.45) is 0 Å². The van der Waals surface area contributed by atoms with Crippen molar-refractivity contribution in [2.45, 2.75) is 4.90 Å². The monoisotopic (exact) mass is 249 g/mol. The summed E-state index contributed by atoms with van der Waals surface area (Å²) in [7, 11) is -4.61. The fourth-order valence-electron chi connectivity index (χ4n) is 1.49. The molecule has 0 aromatic heterocycles. The van der Waals surface area contributed by atoms with Crippen LogP contribution in [0.5, 0.6) is 5.75 Å². The molecule has 86 valence electrons. The van der Waals surface area contributed by atoms with Crippen LogP contribution >= 0.6 is 0 Å². The first-order valence-corrected chi connectivity index (χ1v) is 5.89. The summed E-state index contributed by atoms with van der Waals surface area (Å²) in [5.41, 5.74) is -0.210. The first-order valence-electron chi connectivity index (χ1n) is 4.48. The molecule has 0 fully saturated rings. The Kier molecular flexibility index (Phi) is 2.46. The van der Waals surface area contributed by atoms with Crippen LogP contribution in [0.1, 0.15) is 0 Å². The predicted octanol–water partition coefficient (Wildman–Crippen LogP) is 1.30. The fourth-order valence-corrected chi connectivity index (χ4v) is 1.99. The lowest BCUT2D eigenvalue weighted by molar-refractivity contribution is -0.264. The van der Waals surface area contributed by atoms with E-state index in [1.807, 2.05) is 0 Å². The minimum absolute atomic E-state index is 0.0252. The van der Waals surface area contributed by atoms with E-state index in [-0.39, 0.29) is 11.1 Å². The normalized spacial score (nSPS) is 11.3. The SMILES string of the molecule is N#[N+]c1ccc2ccc(S(=O)(=O)[O-])cc2c1[O-]. The van der Waals surface area contributed by atoms with E-state index < -0.39 is 20.8 Å². The molecule has 0 spiro atoms. The van der Waals surface area contributed by atoms with Gasteiger partial charge in [0.25, 0.3) is 0 Å². The van der Waals surface area contributed by atoms with Crippen LogP contribution in [0.4, 0.5) is 5.69 Å². The topological polar surface area (TPSA) is 108 Å². The zero-order valence-corrected chi connectivity index (χ0v) is 9.14. The van der Waals surface area contributed by atoms with Gasteiger partial charge >= 0.3 is 5.69 Å². The Morgan fingerprint density at radius 1 is 1.18 bits per heavy atom. The molecule has 0 unspecified atom stereocenters. The minimum atomic E-state index is -4.61. The van der Waals surface area contributed by atoms with E-state index >= 15 is 0 Å². The average molecular weight is 249 g/mol. The zero-order chi connectivity index (χ0) is 12.6. The average Bonchev–Trinajstić information content (AvgIpc) is 2.28. The molecular formula is C10H5N2O4S-. The summed E-state index contributed by atoms with van der Waals surface area (Å²) in [4.78, 5) is 2.28. The number of hydrogen-bond acceptors (Lipinski definition) is 5. The van der Waals surface area contributed by atoms with Gasteiger partial charge in [0, 0.05) is 6.07 Å². The maximum Gasteiger partial charge on any atom is 0.378 e. The summed E-state index contributed by atoms with van der Waals surface area (Å²) in [6.07, 6.45) is 0. The van der Waals surface area contributed by atoms with Crippen LogP contribution in [0.3, 0.4) is 0 Å². The Morgan fingerprint density at radius 2 is 1.82 bits per heavy atom. The Morgan fingerprint density at radius 3 is 2.41 bits per heavy atom. The molecule has 2 rings (SSSR count). The van der Waals surface area contributed by atoms with Crippen molar-refractivity contribution in [3.63, 3.8) is 0 Å². The zero-order valence-electron chi connectivity index (χ0n) is 8.32. The minimum Gasteiger partial charge on any atom is -0.867 e. The molecule has 0 radical (unpaired) electrons. The summed E-state index contributed by atoms with van der Waals surface area (Å²) in [6.45, 7) is 0. The molecule has 0 amide bonds. The maximum absolute atomic E-state index is 11.7. The molecule has 0 aliphatic rings. The van der Waals surface area contributed by atoms with Gasteiger partial charge in [0.05, 0.1) is 4.90 Å². The molecule has 0 heterocycles. The quantitative estimate of drug-likeness (QED) is 0.559. The fraction of sp³-hybridized carbons (Fsp3) is 0. The first kappa shape index (κ1) is 11.3. The standard InChI is InChI=1S/C10H6N2O4S/c11-12-9-4-2-6-1-3-7(17(14,15)16)5-8(6)10(9)13/h1-5H,(H-,13,14,15,16)/p-1. The van der Waals surface area contributed by atoms with E-state index in [0.717, 1.165) is 12.1 Å². The van der Waals surface area contributed by atoms with E-state index in [1.165, 1.54) is 18.2 Å². The molecule has 0 saturated carbocycles. The van der Waals surface area contributed by atoms with E-state index in [0.29, 0.717) is 5.39 Å². The van der Waals surface area contributed by atoms with Crippen LogP contribution in [-0.2, 0) is 10.1 Å². The second kappa shape index (κ2) is 3.69. The van der Waals surface area contributed by atoms with Gasteiger partial charge in [0.2, 0.25) is 5.39 Å². The van der Waals surface area contributed by atoms with Crippen molar-refractivity contribution in [3.05, 3.63) is 35.3 Å². The van der Waals surface area contributed by atoms with Gasteiger partial charge in [0.15, 0.2) is 4.98 Å². The predicted molar refractivity (Wildman–Crippen MR) is 56.1 cm³/mol. The second-order valence-electron chi connectivity index (χ2n) is 3.35. The third kappa shape index (κ3) is 1.91. The Balaban J connectivity index is 2.85. The van der Waals surface area contributed by atoms with Gasteiger partial charge in [-0.1, -0.05) is 6.07 Å². The third-order valence-electron chi connectivity index (χ3n) is 2.32. The Labute approximate surface area is 96.5 Å². The van der Waals surface area contributed by atoms with Crippen molar-refractivity contribution < 1.29 is 18.1 Å². The lowest BCUT2D eigenvalue weighted by Crippen LogP contribution is -1.99. The van der Waals surface area contributed by atoms with Gasteiger partial charge in [-0.3, -0.25) is 0 Å². The molecule has 6 nitrogen and oxygen atoms in total. The molecule has 0 bridgehead atoms. The van der Waals surface area contributed by atoms with Crippen molar-refractivity contribution in [1.82, 2.24) is 0 Å². The van der Waals surface area contributed by atoms with Crippen molar-refractivity contribution in [1.29, 1.82) is 5.39 Å². The van der Waals surface area contributed by atoms with Crippen LogP contribution < -0.4 is 5.11 Å². The van der Waals surface area contributed by atoms with Crippen LogP contribution in [0.15, 0.2) is 35.2 Å². The molecule has 0 aliphatic heterocycles. The highest BCUT2D eigenvalue weighted by Gasteiger charge is 2.10. The van der Waals surface area contributed by atoms with Gasteiger partial charge in [-0.15, -0.1) is 0 Å². The van der Waals surface area contributed by atoms with Crippen LogP contribution in [-0.4, -0.2) is 13.0 Å². The molecule has 0 N–H and O–H groups in total. The third-order valence-corrected chi connectivity index (χ3v) is 3.15. The van der Waals surface area contributed by atoms with Gasteiger partial charge in [-0.25, -0.2) is 8.42 Å². The number of fused-ring (bicyclic) bond motifs is 1. The number of nitrogens with zero attached hydrogens (tertiary/aromatic N) is 2. The largest absolute Gasteiger partial charge is 0.867 e. The van der Waals surface area contributed by atoms with Gasteiger partial charge in [-0.05, 0) is 34.7 Å². The van der Waals surface area contributed by atoms with Gasteiger partial charge < -0.3 is 9.66 Å². The van der Waals surface area contributed by atoms with E-state index in [2.05, 4.69) is 4.98 Å². The summed E-state index contributed by atoms with van der Waals surface area (Å²) < 4.78 is 32.4. The van der Waals surface area contributed by atoms with Crippen molar-refractivity contribution in [3.8, 4) is 5.75 Å². The summed E-state index contributed by atoms with van der Waals surface area (Å²) in [5, 5.41) is 20.7. The van der Waals surface area contributed by atoms with Crippen LogP contribution in [0.2, 0.25) is 0 Å². The number of hydrogen-bond donors (Lipinski definition) is 0. The van der Waals surface area contributed by atoms with E-state index in [4.69, 9.17) is 5.39 Å². The van der Waals surface area contributed by atoms with Crippen molar-refractivity contribution in [2.75, 3.05) is 0 Å². The van der Waals surface area contributed by atoms with Gasteiger partial charge in [0.1, 0.15) is 10.1 Å². The summed E-state index contributed by atoms with van der Waals surface area (Å²) >= 11 is 0. The van der Waals surface area contributed by atoms with Crippen LogP contribution in [0.25, 0.3) is 15.7 Å². The summed E-state index contributed by atoms with van der Waals surface area (Å²) in [6, 6.07) is 6.25. The van der Waals surface area contributed by atoms with E-state index in [1.54, 1.807) is 0 Å². The molecule has 0 atom stereocenters. The van der Waals surface area contributed by atoms with Crippen LogP contribution in [0, 0.1) is 5.39 Å². The lowest BCUT2D eigenvalue weighted by Gasteiger charge is -2.11. The summed E-state index contributed by atoms with van der Waals surface area (Å²) in [5.74, 6) is -0.629. The number of rotatable bonds is 1. The molecule has 7 heteroatoms. The molecule has 0 aliphatic carbocycles. The highest BCUT2D eigenvalue weighted by Crippen LogP contribution is 2.33.